The number of carbonyl (C=O) groups excluding carboxylic acids is 1. The number of para-hydroxylation sites is 2. The molecule has 5 heteroatoms. The standard InChI is InChI=1S/C17H20N4O/c1-11-10-12(11)17(22)21-9-5-8-20(2)15-16(21)19-14-7-4-3-6-13(14)18-15/h3-4,6-7,11-12H,5,8-10H2,1-2H3/t11-,12+/m1/s1. The molecule has 0 N–H and O–H groups in total. The first-order chi connectivity index (χ1) is 10.6. The molecule has 0 bridgehead atoms. The van der Waals surface area contributed by atoms with Crippen LogP contribution in [0.25, 0.3) is 11.0 Å². The molecule has 1 aliphatic heterocycles. The van der Waals surface area contributed by atoms with E-state index in [0.717, 1.165) is 48.6 Å². The Morgan fingerprint density at radius 3 is 2.41 bits per heavy atom. The molecule has 0 saturated heterocycles. The Balaban J connectivity index is 1.84. The lowest BCUT2D eigenvalue weighted by Gasteiger charge is -2.23. The van der Waals surface area contributed by atoms with Crippen molar-refractivity contribution in [1.82, 2.24) is 9.97 Å². The van der Waals surface area contributed by atoms with Crippen LogP contribution in [0.1, 0.15) is 19.8 Å². The predicted molar refractivity (Wildman–Crippen MR) is 87.0 cm³/mol. The van der Waals surface area contributed by atoms with Gasteiger partial charge in [-0.1, -0.05) is 19.1 Å². The van der Waals surface area contributed by atoms with Gasteiger partial charge in [0, 0.05) is 26.1 Å². The molecule has 1 amide bonds. The molecule has 2 heterocycles. The Morgan fingerprint density at radius 2 is 1.77 bits per heavy atom. The maximum atomic E-state index is 12.8. The van der Waals surface area contributed by atoms with Crippen molar-refractivity contribution in [3.8, 4) is 0 Å². The van der Waals surface area contributed by atoms with Gasteiger partial charge in [-0.05, 0) is 30.9 Å². The molecule has 2 aromatic rings. The Kier molecular flexibility index (Phi) is 3.03. The van der Waals surface area contributed by atoms with Crippen molar-refractivity contribution in [2.75, 3.05) is 29.9 Å². The molecule has 1 aromatic carbocycles. The van der Waals surface area contributed by atoms with Crippen molar-refractivity contribution in [2.45, 2.75) is 19.8 Å². The van der Waals surface area contributed by atoms with E-state index in [-0.39, 0.29) is 11.8 Å². The first kappa shape index (κ1) is 13.5. The van der Waals surface area contributed by atoms with Crippen LogP contribution in [0.5, 0.6) is 0 Å². The van der Waals surface area contributed by atoms with Gasteiger partial charge in [-0.25, -0.2) is 9.97 Å². The van der Waals surface area contributed by atoms with Gasteiger partial charge < -0.3 is 4.90 Å². The fourth-order valence-corrected chi connectivity index (χ4v) is 3.18. The molecule has 0 unspecified atom stereocenters. The maximum Gasteiger partial charge on any atom is 0.231 e. The SMILES string of the molecule is C[C@@H]1C[C@@H]1C(=O)N1CCCN(C)c2nc3ccccc3nc21. The third kappa shape index (κ3) is 2.12. The smallest absolute Gasteiger partial charge is 0.231 e. The van der Waals surface area contributed by atoms with E-state index < -0.39 is 0 Å². The second-order valence-electron chi connectivity index (χ2n) is 6.44. The van der Waals surface area contributed by atoms with Gasteiger partial charge in [0.05, 0.1) is 11.0 Å². The zero-order chi connectivity index (χ0) is 15.3. The minimum Gasteiger partial charge on any atom is -0.357 e. The zero-order valence-electron chi connectivity index (χ0n) is 13.0. The molecular weight excluding hydrogens is 276 g/mol. The third-order valence-corrected chi connectivity index (χ3v) is 4.72. The molecule has 1 fully saturated rings. The highest BCUT2D eigenvalue weighted by molar-refractivity contribution is 5.99. The highest BCUT2D eigenvalue weighted by atomic mass is 16.2. The summed E-state index contributed by atoms with van der Waals surface area (Å²) >= 11 is 0. The Hall–Kier alpha value is -2.17. The highest BCUT2D eigenvalue weighted by Gasteiger charge is 2.43. The molecule has 2 aliphatic rings. The van der Waals surface area contributed by atoms with E-state index in [1.165, 1.54) is 0 Å². The largest absolute Gasteiger partial charge is 0.357 e. The number of nitrogens with zero attached hydrogens (tertiary/aromatic N) is 4. The fraction of sp³-hybridized carbons (Fsp3) is 0.471. The van der Waals surface area contributed by atoms with Crippen LogP contribution in [0.4, 0.5) is 11.6 Å². The molecule has 114 valence electrons. The molecule has 2 atom stereocenters. The summed E-state index contributed by atoms with van der Waals surface area (Å²) in [5.74, 6) is 2.43. The van der Waals surface area contributed by atoms with E-state index >= 15 is 0 Å². The average Bonchev–Trinajstić information content (AvgIpc) is 3.28. The number of rotatable bonds is 1. The van der Waals surface area contributed by atoms with E-state index in [1.54, 1.807) is 0 Å². The van der Waals surface area contributed by atoms with Crippen molar-refractivity contribution >= 4 is 28.6 Å². The Labute approximate surface area is 130 Å². The van der Waals surface area contributed by atoms with Crippen molar-refractivity contribution in [3.63, 3.8) is 0 Å². The van der Waals surface area contributed by atoms with E-state index in [1.807, 2.05) is 36.2 Å². The molecule has 1 saturated carbocycles. The number of amides is 1. The monoisotopic (exact) mass is 296 g/mol. The molecule has 22 heavy (non-hydrogen) atoms. The molecule has 4 rings (SSSR count). The van der Waals surface area contributed by atoms with Gasteiger partial charge in [0.1, 0.15) is 0 Å². The molecule has 1 aliphatic carbocycles. The number of hydrogen-bond acceptors (Lipinski definition) is 4. The second-order valence-corrected chi connectivity index (χ2v) is 6.44. The Morgan fingerprint density at radius 1 is 1.14 bits per heavy atom. The van der Waals surface area contributed by atoms with Crippen molar-refractivity contribution in [1.29, 1.82) is 0 Å². The number of hydrogen-bond donors (Lipinski definition) is 0. The molecule has 1 aromatic heterocycles. The summed E-state index contributed by atoms with van der Waals surface area (Å²) in [5, 5.41) is 0. The quantitative estimate of drug-likeness (QED) is 0.811. The minimum absolute atomic E-state index is 0.171. The summed E-state index contributed by atoms with van der Waals surface area (Å²) < 4.78 is 0. The first-order valence-corrected chi connectivity index (χ1v) is 7.94. The summed E-state index contributed by atoms with van der Waals surface area (Å²) in [5.41, 5.74) is 1.72. The summed E-state index contributed by atoms with van der Waals surface area (Å²) in [6, 6.07) is 7.85. The van der Waals surface area contributed by atoms with E-state index in [9.17, 15) is 4.79 Å². The number of fused-ring (bicyclic) bond motifs is 2. The lowest BCUT2D eigenvalue weighted by molar-refractivity contribution is -0.120. The van der Waals surface area contributed by atoms with Crippen LogP contribution in [0.15, 0.2) is 24.3 Å². The summed E-state index contributed by atoms with van der Waals surface area (Å²) in [6.07, 6.45) is 1.94. The van der Waals surface area contributed by atoms with Crippen LogP contribution < -0.4 is 9.80 Å². The van der Waals surface area contributed by atoms with Crippen LogP contribution in [0, 0.1) is 11.8 Å². The van der Waals surface area contributed by atoms with Crippen LogP contribution in [0.3, 0.4) is 0 Å². The normalized spacial score (nSPS) is 24.1. The average molecular weight is 296 g/mol. The number of aromatic nitrogens is 2. The topological polar surface area (TPSA) is 49.3 Å². The molecule has 0 radical (unpaired) electrons. The van der Waals surface area contributed by atoms with Gasteiger partial charge in [-0.3, -0.25) is 9.69 Å². The fourth-order valence-electron chi connectivity index (χ4n) is 3.18. The molecule has 0 spiro atoms. The van der Waals surface area contributed by atoms with Crippen LogP contribution >= 0.6 is 0 Å². The lowest BCUT2D eigenvalue weighted by atomic mass is 10.2. The van der Waals surface area contributed by atoms with Gasteiger partial charge in [0.25, 0.3) is 0 Å². The van der Waals surface area contributed by atoms with Crippen LogP contribution in [0.2, 0.25) is 0 Å². The Bertz CT molecular complexity index is 745. The number of anilines is 2. The third-order valence-electron chi connectivity index (χ3n) is 4.72. The zero-order valence-corrected chi connectivity index (χ0v) is 13.0. The van der Waals surface area contributed by atoms with E-state index in [0.29, 0.717) is 5.92 Å². The van der Waals surface area contributed by atoms with Gasteiger partial charge in [0.2, 0.25) is 5.91 Å². The second kappa shape index (κ2) is 4.93. The van der Waals surface area contributed by atoms with Gasteiger partial charge in [-0.2, -0.15) is 0 Å². The predicted octanol–water partition coefficient (Wildman–Crippen LogP) is 2.46. The van der Waals surface area contributed by atoms with Crippen molar-refractivity contribution < 1.29 is 4.79 Å². The van der Waals surface area contributed by atoms with Gasteiger partial charge in [0.15, 0.2) is 11.6 Å². The molecular formula is C17H20N4O. The summed E-state index contributed by atoms with van der Waals surface area (Å²) in [7, 11) is 2.02. The first-order valence-electron chi connectivity index (χ1n) is 7.94. The van der Waals surface area contributed by atoms with Gasteiger partial charge >= 0.3 is 0 Å². The lowest BCUT2D eigenvalue weighted by Crippen LogP contribution is -2.34. The highest BCUT2D eigenvalue weighted by Crippen LogP contribution is 2.41. The number of carbonyl (C=O) groups is 1. The maximum absolute atomic E-state index is 12.8. The number of benzene rings is 1. The van der Waals surface area contributed by atoms with Crippen molar-refractivity contribution in [2.24, 2.45) is 11.8 Å². The van der Waals surface area contributed by atoms with E-state index in [2.05, 4.69) is 11.8 Å². The summed E-state index contributed by atoms with van der Waals surface area (Å²) in [4.78, 5) is 26.3. The van der Waals surface area contributed by atoms with E-state index in [4.69, 9.17) is 9.97 Å². The molecule has 5 nitrogen and oxygen atoms in total. The van der Waals surface area contributed by atoms with Gasteiger partial charge in [-0.15, -0.1) is 0 Å². The van der Waals surface area contributed by atoms with Crippen LogP contribution in [-0.4, -0.2) is 36.0 Å². The van der Waals surface area contributed by atoms with Crippen molar-refractivity contribution in [3.05, 3.63) is 24.3 Å². The van der Waals surface area contributed by atoms with Crippen LogP contribution in [-0.2, 0) is 4.79 Å². The minimum atomic E-state index is 0.171. The summed E-state index contributed by atoms with van der Waals surface area (Å²) in [6.45, 7) is 3.76.